The van der Waals surface area contributed by atoms with E-state index in [1.54, 1.807) is 24.5 Å². The molecule has 1 aromatic carbocycles. The molecule has 2 heterocycles. The molecule has 0 spiro atoms. The highest BCUT2D eigenvalue weighted by molar-refractivity contribution is 5.75. The van der Waals surface area contributed by atoms with Gasteiger partial charge in [-0.15, -0.1) is 0 Å². The van der Waals surface area contributed by atoms with Gasteiger partial charge in [-0.3, -0.25) is 14.6 Å². The highest BCUT2D eigenvalue weighted by Crippen LogP contribution is 2.20. The van der Waals surface area contributed by atoms with Crippen molar-refractivity contribution in [1.29, 1.82) is 0 Å². The first kappa shape index (κ1) is 73.1. The lowest BCUT2D eigenvalue weighted by Gasteiger charge is -2.34. The number of carbonyl (C=O) groups is 6. The van der Waals surface area contributed by atoms with Gasteiger partial charge in [-0.25, -0.2) is 24.0 Å². The van der Waals surface area contributed by atoms with E-state index in [1.165, 1.54) is 0 Å². The highest BCUT2D eigenvalue weighted by atomic mass is 16.6. The van der Waals surface area contributed by atoms with Crippen molar-refractivity contribution in [3.05, 3.63) is 35.4 Å². The average Bonchev–Trinajstić information content (AvgIpc) is 3.55. The molecule has 21 heteroatoms. The van der Waals surface area contributed by atoms with Gasteiger partial charge < -0.3 is 64.1 Å². The Balaban J connectivity index is 1.89. The molecule has 0 bridgehead atoms. The van der Waals surface area contributed by atoms with Gasteiger partial charge in [0.1, 0.15) is 28.0 Å². The molecule has 0 saturated carbocycles. The van der Waals surface area contributed by atoms with Crippen LogP contribution in [0.5, 0.6) is 0 Å². The van der Waals surface area contributed by atoms with Gasteiger partial charge in [0.25, 0.3) is 0 Å². The van der Waals surface area contributed by atoms with E-state index >= 15 is 0 Å². The van der Waals surface area contributed by atoms with Gasteiger partial charge in [0.05, 0.1) is 0 Å². The summed E-state index contributed by atoms with van der Waals surface area (Å²) in [6.45, 7) is 38.6. The van der Waals surface area contributed by atoms with Gasteiger partial charge in [0, 0.05) is 118 Å². The first-order chi connectivity index (χ1) is 39.2. The summed E-state index contributed by atoms with van der Waals surface area (Å²) in [7, 11) is 0. The van der Waals surface area contributed by atoms with Crippen molar-refractivity contribution >= 4 is 36.4 Å². The molecule has 0 radical (unpaired) electrons. The van der Waals surface area contributed by atoms with Crippen LogP contribution in [0.3, 0.4) is 0 Å². The summed E-state index contributed by atoms with van der Waals surface area (Å²) in [5.74, 6) is 0.0696. The molecule has 0 aliphatic carbocycles. The van der Waals surface area contributed by atoms with Gasteiger partial charge in [0.15, 0.2) is 0 Å². The van der Waals surface area contributed by atoms with Crippen LogP contribution in [0, 0.1) is 0 Å². The molecule has 21 nitrogen and oxygen atoms in total. The van der Waals surface area contributed by atoms with E-state index in [2.05, 4.69) is 44.3 Å². The van der Waals surface area contributed by atoms with Gasteiger partial charge in [-0.05, 0) is 193 Å². The summed E-state index contributed by atoms with van der Waals surface area (Å²) in [5, 5.41) is 3.05. The second-order valence-corrected chi connectivity index (χ2v) is 27.6. The van der Waals surface area contributed by atoms with E-state index in [1.807, 2.05) is 104 Å². The summed E-state index contributed by atoms with van der Waals surface area (Å²) >= 11 is 0. The third-order valence-electron chi connectivity index (χ3n) is 13.7. The molecule has 2 aliphatic rings. The molecular formula is C63H114N10O11. The summed E-state index contributed by atoms with van der Waals surface area (Å²) in [5.41, 5.74) is 4.35. The third-order valence-corrected chi connectivity index (χ3v) is 13.7. The van der Waals surface area contributed by atoms with Gasteiger partial charge in [-0.1, -0.05) is 30.7 Å². The first-order valence-corrected chi connectivity index (χ1v) is 31.3. The Hall–Kier alpha value is -5.12. The molecule has 1 aromatic rings. The fraction of sp³-hybridized carbons (Fsp3) is 0.810. The SMILES string of the molecule is CC(C)(C)OC(=O)N1CCCN(C(=O)OC(C)(C)C)CCN(Cc2ccc(CN3CCCN(C(=O)OC(C)(C)C)CCN(C(=O)OC(C)(C)C)CCCN(C(=O)OC(C)(C)C)CC3)cc2)CCCN(CCCCC(=O)NCCCCCN)CC1. The topological polar surface area (TPSA) is 213 Å². The van der Waals surface area contributed by atoms with Crippen LogP contribution in [-0.2, 0) is 41.6 Å². The number of benzene rings is 1. The van der Waals surface area contributed by atoms with Crippen molar-refractivity contribution in [2.45, 2.75) is 209 Å². The van der Waals surface area contributed by atoms with E-state index in [0.29, 0.717) is 130 Å². The minimum atomic E-state index is -0.722. The van der Waals surface area contributed by atoms with Crippen LogP contribution in [0.15, 0.2) is 24.3 Å². The number of amides is 6. The Labute approximate surface area is 506 Å². The monoisotopic (exact) mass is 1190 g/mol. The normalized spacial score (nSPS) is 17.6. The molecule has 3 N–H and O–H groups in total. The van der Waals surface area contributed by atoms with Crippen LogP contribution in [0.1, 0.15) is 179 Å². The maximum atomic E-state index is 13.8. The number of nitrogens with two attached hydrogens (primary N) is 1. The molecule has 6 amide bonds. The van der Waals surface area contributed by atoms with E-state index < -0.39 is 52.4 Å². The van der Waals surface area contributed by atoms with Crippen LogP contribution in [0.2, 0.25) is 0 Å². The molecule has 2 aliphatic heterocycles. The smallest absolute Gasteiger partial charge is 0.410 e. The van der Waals surface area contributed by atoms with Crippen molar-refractivity contribution in [2.24, 2.45) is 5.73 Å². The lowest BCUT2D eigenvalue weighted by Crippen LogP contribution is -2.47. The molecule has 0 atom stereocenters. The van der Waals surface area contributed by atoms with E-state index in [-0.39, 0.29) is 25.1 Å². The van der Waals surface area contributed by atoms with Gasteiger partial charge in [0.2, 0.25) is 5.91 Å². The first-order valence-electron chi connectivity index (χ1n) is 31.3. The quantitative estimate of drug-likeness (QED) is 0.131. The van der Waals surface area contributed by atoms with E-state index in [9.17, 15) is 28.8 Å². The molecule has 2 fully saturated rings. The summed E-state index contributed by atoms with van der Waals surface area (Å²) in [6.07, 6.45) is 5.28. The van der Waals surface area contributed by atoms with Crippen molar-refractivity contribution in [2.75, 3.05) is 124 Å². The number of rotatable bonds is 14. The number of nitrogens with one attached hydrogen (secondary N) is 1. The molecular weight excluding hydrogens is 1070 g/mol. The number of unbranched alkanes of at least 4 members (excludes halogenated alkanes) is 3. The minimum Gasteiger partial charge on any atom is -0.444 e. The molecule has 3 rings (SSSR count). The van der Waals surface area contributed by atoms with E-state index in [4.69, 9.17) is 29.4 Å². The zero-order valence-corrected chi connectivity index (χ0v) is 54.9. The second kappa shape index (κ2) is 35.5. The van der Waals surface area contributed by atoms with E-state index in [0.717, 1.165) is 69.3 Å². The number of ether oxygens (including phenoxy) is 5. The lowest BCUT2D eigenvalue weighted by molar-refractivity contribution is -0.121. The predicted octanol–water partition coefficient (Wildman–Crippen LogP) is 9.78. The van der Waals surface area contributed by atoms with Gasteiger partial charge >= 0.3 is 30.5 Å². The van der Waals surface area contributed by atoms with Crippen LogP contribution < -0.4 is 11.1 Å². The number of nitrogens with zero attached hydrogens (tertiary/aromatic N) is 8. The van der Waals surface area contributed by atoms with Gasteiger partial charge in [-0.2, -0.15) is 0 Å². The standard InChI is InChI=1S/C63H114N10O11/c1-59(2,3)80-54(75)69-37-23-38-70(55(76)81-60(4,5)6)45-42-67(34-21-33-66(41-44-69)32-20-17-25-53(74)65-31-19-16-18-30-64)49-51-26-28-52(29-27-51)50-68-35-22-36-72(57(78)83-62(10,11)12)47-48-73(58(79)84-63(13,14)15)40-24-39-71(46-43-68)56(77)82-61(7,8)9/h26-29H,16-25,30-50,64H2,1-15H3,(H,65,74). The Morgan fingerprint density at radius 3 is 1.01 bits per heavy atom. The van der Waals surface area contributed by atoms with Crippen molar-refractivity contribution < 1.29 is 52.5 Å². The lowest BCUT2D eigenvalue weighted by atomic mass is 10.1. The summed E-state index contributed by atoms with van der Waals surface area (Å²) < 4.78 is 29.3. The third kappa shape index (κ3) is 33.0. The Bertz CT molecular complexity index is 2130. The maximum Gasteiger partial charge on any atom is 0.410 e. The van der Waals surface area contributed by atoms with Crippen LogP contribution in [0.4, 0.5) is 24.0 Å². The highest BCUT2D eigenvalue weighted by Gasteiger charge is 2.30. The minimum absolute atomic E-state index is 0.0696. The maximum absolute atomic E-state index is 13.8. The molecule has 2 saturated heterocycles. The molecule has 84 heavy (non-hydrogen) atoms. The fourth-order valence-electron chi connectivity index (χ4n) is 9.57. The van der Waals surface area contributed by atoms with Crippen LogP contribution >= 0.6 is 0 Å². The Morgan fingerprint density at radius 1 is 0.381 bits per heavy atom. The Morgan fingerprint density at radius 2 is 0.679 bits per heavy atom. The molecule has 482 valence electrons. The zero-order chi connectivity index (χ0) is 62.7. The van der Waals surface area contributed by atoms with Crippen LogP contribution in [0.25, 0.3) is 0 Å². The number of carbonyl (C=O) groups excluding carboxylic acids is 6. The van der Waals surface area contributed by atoms with Crippen molar-refractivity contribution in [3.8, 4) is 0 Å². The fourth-order valence-corrected chi connectivity index (χ4v) is 9.57. The summed E-state index contributed by atoms with van der Waals surface area (Å²) in [6, 6.07) is 8.64. The van der Waals surface area contributed by atoms with Crippen molar-refractivity contribution in [3.63, 3.8) is 0 Å². The predicted molar refractivity (Wildman–Crippen MR) is 331 cm³/mol. The molecule has 0 unspecified atom stereocenters. The average molecular weight is 1190 g/mol. The van der Waals surface area contributed by atoms with Crippen molar-refractivity contribution in [1.82, 2.24) is 44.5 Å². The van der Waals surface area contributed by atoms with Crippen LogP contribution in [-0.4, -0.2) is 228 Å². The summed E-state index contributed by atoms with van der Waals surface area (Å²) in [4.78, 5) is 96.7. The second-order valence-electron chi connectivity index (χ2n) is 27.6. The largest absolute Gasteiger partial charge is 0.444 e. The number of hydrogen-bond acceptors (Lipinski definition) is 15. The molecule has 0 aromatic heterocycles. The number of hydrogen-bond donors (Lipinski definition) is 2. The zero-order valence-electron chi connectivity index (χ0n) is 54.9. The Kier molecular flexibility index (Phi) is 30.9.